The van der Waals surface area contributed by atoms with Gasteiger partial charge in [-0.2, -0.15) is 0 Å². The lowest BCUT2D eigenvalue weighted by molar-refractivity contribution is 0.238. The van der Waals surface area contributed by atoms with Gasteiger partial charge in [0.1, 0.15) is 0 Å². The number of nitrogens with one attached hydrogen (secondary N) is 1. The summed E-state index contributed by atoms with van der Waals surface area (Å²) in [7, 11) is 4.19. The highest BCUT2D eigenvalue weighted by Crippen LogP contribution is 2.32. The van der Waals surface area contributed by atoms with E-state index in [4.69, 9.17) is 0 Å². The summed E-state index contributed by atoms with van der Waals surface area (Å²) in [5.41, 5.74) is 2.21. The highest BCUT2D eigenvalue weighted by atomic mass is 16.2. The molecule has 1 N–H and O–H groups in total. The lowest BCUT2D eigenvalue weighted by Gasteiger charge is -2.39. The second-order valence-corrected chi connectivity index (χ2v) is 7.22. The van der Waals surface area contributed by atoms with Crippen molar-refractivity contribution < 1.29 is 4.79 Å². The number of carbonyl (C=O) groups excluding carboxylic acids is 1. The number of para-hydroxylation sites is 2. The minimum atomic E-state index is 0.0709. The predicted octanol–water partition coefficient (Wildman–Crippen LogP) is 2.92. The Morgan fingerprint density at radius 1 is 1.12 bits per heavy atom. The summed E-state index contributed by atoms with van der Waals surface area (Å²) in [5, 5.41) is 3.25. The summed E-state index contributed by atoms with van der Waals surface area (Å²) in [4.78, 5) is 19.3. The van der Waals surface area contributed by atoms with E-state index >= 15 is 0 Å². The van der Waals surface area contributed by atoms with Crippen LogP contribution in [0.3, 0.4) is 0 Å². The van der Waals surface area contributed by atoms with Crippen LogP contribution in [-0.4, -0.2) is 57.2 Å². The Balaban J connectivity index is 1.70. The second kappa shape index (κ2) is 7.88. The Morgan fingerprint density at radius 2 is 1.83 bits per heavy atom. The van der Waals surface area contributed by atoms with Crippen molar-refractivity contribution in [3.8, 4) is 0 Å². The number of benzene rings is 1. The number of amides is 2. The number of hydrogen-bond acceptors (Lipinski definition) is 3. The molecule has 0 atom stereocenters. The summed E-state index contributed by atoms with van der Waals surface area (Å²) in [6.45, 7) is 3.65. The van der Waals surface area contributed by atoms with E-state index in [0.29, 0.717) is 6.04 Å². The van der Waals surface area contributed by atoms with Gasteiger partial charge in [-0.1, -0.05) is 31.4 Å². The first-order chi connectivity index (χ1) is 11.6. The molecule has 1 aromatic rings. The van der Waals surface area contributed by atoms with E-state index in [9.17, 15) is 4.79 Å². The number of hydrogen-bond donors (Lipinski definition) is 1. The Kier molecular flexibility index (Phi) is 5.61. The van der Waals surface area contributed by atoms with Gasteiger partial charge in [0.25, 0.3) is 0 Å². The third kappa shape index (κ3) is 4.01. The van der Waals surface area contributed by atoms with E-state index in [-0.39, 0.29) is 6.03 Å². The van der Waals surface area contributed by atoms with E-state index < -0.39 is 0 Å². The fourth-order valence-corrected chi connectivity index (χ4v) is 3.68. The largest absolute Gasteiger partial charge is 0.367 e. The van der Waals surface area contributed by atoms with Crippen molar-refractivity contribution in [1.29, 1.82) is 0 Å². The van der Waals surface area contributed by atoms with Gasteiger partial charge >= 0.3 is 6.03 Å². The van der Waals surface area contributed by atoms with Crippen LogP contribution in [0, 0.1) is 0 Å². The SMILES string of the molecule is CN(C)CCN1CCN(C(=O)NC2CCCCC2)c2ccccc21. The fourth-order valence-electron chi connectivity index (χ4n) is 3.68. The van der Waals surface area contributed by atoms with E-state index in [1.807, 2.05) is 11.0 Å². The molecule has 1 fully saturated rings. The maximum absolute atomic E-state index is 12.8. The van der Waals surface area contributed by atoms with Gasteiger partial charge in [-0.15, -0.1) is 0 Å². The van der Waals surface area contributed by atoms with E-state index in [2.05, 4.69) is 47.4 Å². The van der Waals surface area contributed by atoms with Crippen LogP contribution in [-0.2, 0) is 0 Å². The minimum Gasteiger partial charge on any atom is -0.367 e. The monoisotopic (exact) mass is 330 g/mol. The quantitative estimate of drug-likeness (QED) is 0.922. The van der Waals surface area contributed by atoms with Crippen LogP contribution < -0.4 is 15.1 Å². The molecule has 1 aliphatic carbocycles. The summed E-state index contributed by atoms with van der Waals surface area (Å²) in [6.07, 6.45) is 6.02. The molecule has 24 heavy (non-hydrogen) atoms. The molecule has 2 amide bonds. The van der Waals surface area contributed by atoms with Gasteiger partial charge in [0.05, 0.1) is 11.4 Å². The molecular weight excluding hydrogens is 300 g/mol. The van der Waals surface area contributed by atoms with Crippen LogP contribution in [0.1, 0.15) is 32.1 Å². The molecule has 0 unspecified atom stereocenters. The molecule has 2 aliphatic rings. The molecule has 0 spiro atoms. The Bertz CT molecular complexity index is 554. The van der Waals surface area contributed by atoms with Crippen molar-refractivity contribution in [2.45, 2.75) is 38.1 Å². The van der Waals surface area contributed by atoms with E-state index in [1.165, 1.54) is 24.9 Å². The summed E-state index contributed by atoms with van der Waals surface area (Å²) >= 11 is 0. The number of fused-ring (bicyclic) bond motifs is 1. The number of urea groups is 1. The van der Waals surface area contributed by atoms with Crippen molar-refractivity contribution >= 4 is 17.4 Å². The van der Waals surface area contributed by atoms with Crippen LogP contribution in [0.4, 0.5) is 16.2 Å². The number of carbonyl (C=O) groups is 1. The average Bonchev–Trinajstić information content (AvgIpc) is 2.60. The maximum Gasteiger partial charge on any atom is 0.322 e. The molecule has 1 heterocycles. The third-order valence-corrected chi connectivity index (χ3v) is 5.10. The first-order valence-electron chi connectivity index (χ1n) is 9.22. The lowest BCUT2D eigenvalue weighted by Crippen LogP contribution is -2.51. The normalized spacial score (nSPS) is 18.6. The van der Waals surface area contributed by atoms with Gasteiger partial charge in [0, 0.05) is 32.2 Å². The molecule has 3 rings (SSSR count). The highest BCUT2D eigenvalue weighted by molar-refractivity contribution is 5.97. The van der Waals surface area contributed by atoms with Crippen LogP contribution >= 0.6 is 0 Å². The van der Waals surface area contributed by atoms with Crippen molar-refractivity contribution in [3.05, 3.63) is 24.3 Å². The van der Waals surface area contributed by atoms with Gasteiger partial charge in [-0.25, -0.2) is 4.79 Å². The summed E-state index contributed by atoms with van der Waals surface area (Å²) in [5.74, 6) is 0. The second-order valence-electron chi connectivity index (χ2n) is 7.22. The van der Waals surface area contributed by atoms with E-state index in [0.717, 1.165) is 44.7 Å². The first-order valence-corrected chi connectivity index (χ1v) is 9.22. The summed E-state index contributed by atoms with van der Waals surface area (Å²) in [6, 6.07) is 8.70. The number of anilines is 2. The van der Waals surface area contributed by atoms with Crippen LogP contribution in [0.5, 0.6) is 0 Å². The smallest absolute Gasteiger partial charge is 0.322 e. The molecule has 0 bridgehead atoms. The molecule has 5 heteroatoms. The van der Waals surface area contributed by atoms with Crippen molar-refractivity contribution in [2.24, 2.45) is 0 Å². The maximum atomic E-state index is 12.8. The van der Waals surface area contributed by atoms with Crippen LogP contribution in [0.15, 0.2) is 24.3 Å². The Morgan fingerprint density at radius 3 is 2.54 bits per heavy atom. The van der Waals surface area contributed by atoms with Crippen molar-refractivity contribution in [1.82, 2.24) is 10.2 Å². The first kappa shape index (κ1) is 17.1. The average molecular weight is 330 g/mol. The van der Waals surface area contributed by atoms with Crippen molar-refractivity contribution in [3.63, 3.8) is 0 Å². The lowest BCUT2D eigenvalue weighted by atomic mass is 9.96. The molecule has 0 aromatic heterocycles. The van der Waals surface area contributed by atoms with Gasteiger partial charge in [-0.05, 0) is 39.1 Å². The molecule has 132 valence electrons. The van der Waals surface area contributed by atoms with Gasteiger partial charge < -0.3 is 15.1 Å². The number of rotatable bonds is 4. The molecule has 1 saturated carbocycles. The molecule has 0 saturated heterocycles. The van der Waals surface area contributed by atoms with Crippen molar-refractivity contribution in [2.75, 3.05) is 50.1 Å². The molecule has 0 radical (unpaired) electrons. The van der Waals surface area contributed by atoms with Crippen LogP contribution in [0.25, 0.3) is 0 Å². The standard InChI is InChI=1S/C19H30N4O/c1-21(2)12-13-22-14-15-23(18-11-7-6-10-17(18)22)19(24)20-16-8-4-3-5-9-16/h6-7,10-11,16H,3-5,8-9,12-15H2,1-2H3,(H,20,24). The Hall–Kier alpha value is -1.75. The van der Waals surface area contributed by atoms with Gasteiger partial charge in [0.2, 0.25) is 0 Å². The van der Waals surface area contributed by atoms with Gasteiger partial charge in [0.15, 0.2) is 0 Å². The predicted molar refractivity (Wildman–Crippen MR) is 100.0 cm³/mol. The highest BCUT2D eigenvalue weighted by Gasteiger charge is 2.28. The topological polar surface area (TPSA) is 38.8 Å². The van der Waals surface area contributed by atoms with Crippen LogP contribution in [0.2, 0.25) is 0 Å². The minimum absolute atomic E-state index is 0.0709. The molecule has 1 aliphatic heterocycles. The van der Waals surface area contributed by atoms with E-state index in [1.54, 1.807) is 0 Å². The zero-order chi connectivity index (χ0) is 16.9. The zero-order valence-corrected chi connectivity index (χ0v) is 15.0. The third-order valence-electron chi connectivity index (χ3n) is 5.10. The Labute approximate surface area is 145 Å². The fraction of sp³-hybridized carbons (Fsp3) is 0.632. The number of nitrogens with zero attached hydrogens (tertiary/aromatic N) is 3. The molecule has 5 nitrogen and oxygen atoms in total. The summed E-state index contributed by atoms with van der Waals surface area (Å²) < 4.78 is 0. The van der Waals surface area contributed by atoms with Gasteiger partial charge in [-0.3, -0.25) is 4.90 Å². The zero-order valence-electron chi connectivity index (χ0n) is 15.0. The molecular formula is C19H30N4O. The molecule has 1 aromatic carbocycles. The number of likely N-dealkylation sites (N-methyl/N-ethyl adjacent to an activating group) is 1.